The summed E-state index contributed by atoms with van der Waals surface area (Å²) in [5.41, 5.74) is -0.191. The summed E-state index contributed by atoms with van der Waals surface area (Å²) in [6.07, 6.45) is 6.43. The highest BCUT2D eigenvalue weighted by Crippen LogP contribution is 2.29. The zero-order valence-corrected chi connectivity index (χ0v) is 10.0. The number of aliphatic hydroxyl groups is 1. The second kappa shape index (κ2) is 4.72. The topological polar surface area (TPSA) is 52.6 Å². The maximum Gasteiger partial charge on any atom is 0.239 e. The van der Waals surface area contributed by atoms with Crippen LogP contribution in [0.25, 0.3) is 0 Å². The average molecular weight is 226 g/mol. The maximum atomic E-state index is 11.8. The summed E-state index contributed by atoms with van der Waals surface area (Å²) < 4.78 is 0. The number of nitrogens with zero attached hydrogens (tertiary/aromatic N) is 1. The Morgan fingerprint density at radius 1 is 1.44 bits per heavy atom. The first-order valence-corrected chi connectivity index (χ1v) is 6.30. The Balaban J connectivity index is 1.98. The molecule has 2 rings (SSSR count). The molecule has 2 fully saturated rings. The van der Waals surface area contributed by atoms with Crippen molar-refractivity contribution in [3.63, 3.8) is 0 Å². The number of amides is 1. The molecular formula is C12H22N2O2. The van der Waals surface area contributed by atoms with E-state index < -0.39 is 0 Å². The average Bonchev–Trinajstić information content (AvgIpc) is 2.62. The van der Waals surface area contributed by atoms with E-state index in [2.05, 4.69) is 5.32 Å². The van der Waals surface area contributed by atoms with Crippen molar-refractivity contribution in [3.05, 3.63) is 0 Å². The van der Waals surface area contributed by atoms with Crippen LogP contribution in [-0.2, 0) is 4.79 Å². The van der Waals surface area contributed by atoms with Crippen molar-refractivity contribution in [2.75, 3.05) is 20.2 Å². The molecule has 2 aliphatic rings. The fourth-order valence-electron chi connectivity index (χ4n) is 2.90. The lowest BCUT2D eigenvalue weighted by molar-refractivity contribution is -0.129. The summed E-state index contributed by atoms with van der Waals surface area (Å²) in [4.78, 5) is 13.6. The Morgan fingerprint density at radius 2 is 2.12 bits per heavy atom. The number of carbonyl (C=O) groups is 1. The molecule has 1 saturated heterocycles. The Kier molecular flexibility index (Phi) is 3.50. The normalized spacial score (nSPS) is 29.8. The van der Waals surface area contributed by atoms with Gasteiger partial charge in [-0.2, -0.15) is 0 Å². The minimum atomic E-state index is -0.191. The van der Waals surface area contributed by atoms with Crippen LogP contribution in [0.4, 0.5) is 0 Å². The Bertz CT molecular complexity index is 262. The predicted octanol–water partition coefficient (Wildman–Crippen LogP) is 0.502. The zero-order chi connectivity index (χ0) is 11.6. The summed E-state index contributed by atoms with van der Waals surface area (Å²) in [5.74, 6) is 0.179. The van der Waals surface area contributed by atoms with Gasteiger partial charge in [-0.15, -0.1) is 0 Å². The number of carbonyl (C=O) groups excluding carboxylic acids is 1. The lowest BCUT2D eigenvalue weighted by atomic mass is 9.81. The summed E-state index contributed by atoms with van der Waals surface area (Å²) in [7, 11) is 1.84. The smallest absolute Gasteiger partial charge is 0.239 e. The number of likely N-dealkylation sites (N-methyl/N-ethyl adjacent to an activating group) is 1. The van der Waals surface area contributed by atoms with E-state index in [0.29, 0.717) is 0 Å². The van der Waals surface area contributed by atoms with Crippen molar-refractivity contribution in [2.24, 2.45) is 0 Å². The van der Waals surface area contributed by atoms with Crippen molar-refractivity contribution in [2.45, 2.75) is 50.1 Å². The lowest BCUT2D eigenvalue weighted by Gasteiger charge is -2.38. The number of hydrogen-bond donors (Lipinski definition) is 2. The molecule has 16 heavy (non-hydrogen) atoms. The van der Waals surface area contributed by atoms with Crippen LogP contribution in [-0.4, -0.2) is 47.7 Å². The van der Waals surface area contributed by atoms with Gasteiger partial charge in [0, 0.05) is 19.1 Å². The predicted molar refractivity (Wildman–Crippen MR) is 62.1 cm³/mol. The van der Waals surface area contributed by atoms with E-state index in [4.69, 9.17) is 0 Å². The molecular weight excluding hydrogens is 204 g/mol. The molecule has 0 aromatic heterocycles. The highest BCUT2D eigenvalue weighted by molar-refractivity contribution is 5.83. The summed E-state index contributed by atoms with van der Waals surface area (Å²) in [5, 5.41) is 13.0. The molecule has 1 heterocycles. The van der Waals surface area contributed by atoms with Crippen LogP contribution >= 0.6 is 0 Å². The number of likely N-dealkylation sites (tertiary alicyclic amines) is 1. The monoisotopic (exact) mass is 226 g/mol. The third-order valence-electron chi connectivity index (χ3n) is 4.02. The van der Waals surface area contributed by atoms with E-state index in [1.54, 1.807) is 4.90 Å². The first-order chi connectivity index (χ1) is 7.67. The third-order valence-corrected chi connectivity index (χ3v) is 4.02. The van der Waals surface area contributed by atoms with E-state index >= 15 is 0 Å². The molecule has 1 amide bonds. The van der Waals surface area contributed by atoms with Gasteiger partial charge in [0.1, 0.15) is 0 Å². The van der Waals surface area contributed by atoms with Crippen LogP contribution in [0.15, 0.2) is 0 Å². The van der Waals surface area contributed by atoms with Crippen LogP contribution in [0, 0.1) is 0 Å². The van der Waals surface area contributed by atoms with E-state index in [9.17, 15) is 9.90 Å². The molecule has 1 saturated carbocycles. The van der Waals surface area contributed by atoms with Crippen molar-refractivity contribution in [3.8, 4) is 0 Å². The minimum absolute atomic E-state index is 0.0738. The van der Waals surface area contributed by atoms with Gasteiger partial charge in [0.25, 0.3) is 0 Å². The minimum Gasteiger partial charge on any atom is -0.394 e. The van der Waals surface area contributed by atoms with E-state index in [1.165, 1.54) is 6.42 Å². The first-order valence-electron chi connectivity index (χ1n) is 6.30. The molecule has 0 radical (unpaired) electrons. The van der Waals surface area contributed by atoms with Gasteiger partial charge >= 0.3 is 0 Å². The molecule has 0 aromatic carbocycles. The zero-order valence-electron chi connectivity index (χ0n) is 10.0. The standard InChI is InChI=1S/C12H22N2O2/c1-14-8-5-10(11(14)16)13-12(9-15)6-3-2-4-7-12/h10,13,15H,2-9H2,1H3. The molecule has 0 spiro atoms. The Morgan fingerprint density at radius 3 is 2.62 bits per heavy atom. The molecule has 4 heteroatoms. The van der Waals surface area contributed by atoms with Crippen molar-refractivity contribution in [1.29, 1.82) is 0 Å². The van der Waals surface area contributed by atoms with Crippen LogP contribution in [0.1, 0.15) is 38.5 Å². The van der Waals surface area contributed by atoms with Gasteiger partial charge in [-0.3, -0.25) is 10.1 Å². The van der Waals surface area contributed by atoms with Crippen molar-refractivity contribution >= 4 is 5.91 Å². The fourth-order valence-corrected chi connectivity index (χ4v) is 2.90. The fraction of sp³-hybridized carbons (Fsp3) is 0.917. The van der Waals surface area contributed by atoms with Crippen LogP contribution in [0.5, 0.6) is 0 Å². The Labute approximate surface area is 97.0 Å². The molecule has 0 bridgehead atoms. The summed E-state index contributed by atoms with van der Waals surface area (Å²) in [6, 6.07) is -0.0738. The highest BCUT2D eigenvalue weighted by atomic mass is 16.3. The summed E-state index contributed by atoms with van der Waals surface area (Å²) >= 11 is 0. The largest absolute Gasteiger partial charge is 0.394 e. The number of rotatable bonds is 3. The van der Waals surface area contributed by atoms with E-state index in [1.807, 2.05) is 7.05 Å². The number of hydrogen-bond acceptors (Lipinski definition) is 3. The van der Waals surface area contributed by atoms with Crippen LogP contribution in [0.2, 0.25) is 0 Å². The molecule has 1 aliphatic carbocycles. The molecule has 2 N–H and O–H groups in total. The number of aliphatic hydroxyl groups excluding tert-OH is 1. The maximum absolute atomic E-state index is 11.8. The number of nitrogens with one attached hydrogen (secondary N) is 1. The van der Waals surface area contributed by atoms with E-state index in [0.717, 1.165) is 38.6 Å². The lowest BCUT2D eigenvalue weighted by Crippen LogP contribution is -2.56. The van der Waals surface area contributed by atoms with Gasteiger partial charge in [-0.1, -0.05) is 19.3 Å². The Hall–Kier alpha value is -0.610. The van der Waals surface area contributed by atoms with Gasteiger partial charge in [0.05, 0.1) is 12.6 Å². The second-order valence-corrected chi connectivity index (χ2v) is 5.24. The van der Waals surface area contributed by atoms with E-state index in [-0.39, 0.29) is 24.1 Å². The van der Waals surface area contributed by atoms with Gasteiger partial charge in [0.2, 0.25) is 5.91 Å². The molecule has 4 nitrogen and oxygen atoms in total. The van der Waals surface area contributed by atoms with Crippen LogP contribution in [0.3, 0.4) is 0 Å². The quantitative estimate of drug-likeness (QED) is 0.737. The third kappa shape index (κ3) is 2.23. The molecule has 1 unspecified atom stereocenters. The molecule has 0 aromatic rings. The van der Waals surface area contributed by atoms with Crippen molar-refractivity contribution in [1.82, 2.24) is 10.2 Å². The van der Waals surface area contributed by atoms with Gasteiger partial charge in [-0.25, -0.2) is 0 Å². The van der Waals surface area contributed by atoms with Crippen molar-refractivity contribution < 1.29 is 9.90 Å². The van der Waals surface area contributed by atoms with Gasteiger partial charge in [-0.05, 0) is 19.3 Å². The van der Waals surface area contributed by atoms with Gasteiger partial charge in [0.15, 0.2) is 0 Å². The summed E-state index contributed by atoms with van der Waals surface area (Å²) in [6.45, 7) is 0.985. The van der Waals surface area contributed by atoms with Crippen LogP contribution < -0.4 is 5.32 Å². The molecule has 92 valence electrons. The highest BCUT2D eigenvalue weighted by Gasteiger charge is 2.38. The first kappa shape index (κ1) is 11.9. The second-order valence-electron chi connectivity index (χ2n) is 5.24. The SMILES string of the molecule is CN1CCC(NC2(CO)CCCCC2)C1=O. The molecule has 1 atom stereocenters. The molecule has 1 aliphatic heterocycles. The van der Waals surface area contributed by atoms with Gasteiger partial charge < -0.3 is 10.0 Å².